The lowest BCUT2D eigenvalue weighted by molar-refractivity contribution is -0.140. The molecule has 1 rings (SSSR count). The lowest BCUT2D eigenvalue weighted by atomic mass is 10.1. The Kier molecular flexibility index (Phi) is 5.17. The molecule has 4 N–H and O–H groups in total. The first-order valence-corrected chi connectivity index (χ1v) is 5.58. The molecule has 0 spiro atoms. The number of hydrogen-bond donors (Lipinski definition) is 4. The highest BCUT2D eigenvalue weighted by atomic mass is 16.4. The number of nitrogens with one attached hydrogen (secondary N) is 1. The Labute approximate surface area is 99.0 Å². The van der Waals surface area contributed by atoms with E-state index in [0.29, 0.717) is 19.5 Å². The van der Waals surface area contributed by atoms with E-state index in [9.17, 15) is 9.59 Å². The molecule has 0 aromatic carbocycles. The molecule has 98 valence electrons. The molecule has 2 amide bonds. The fraction of sp³-hybridized carbons (Fsp3) is 0.800. The number of nitrogens with zero attached hydrogens (tertiary/aromatic N) is 1. The molecule has 0 bridgehead atoms. The van der Waals surface area contributed by atoms with Crippen LogP contribution in [0.25, 0.3) is 0 Å². The van der Waals surface area contributed by atoms with Crippen LogP contribution in [0.2, 0.25) is 0 Å². The Bertz CT molecular complexity index is 284. The van der Waals surface area contributed by atoms with Crippen LogP contribution in [0.4, 0.5) is 4.79 Å². The normalized spacial score (nSPS) is 21.3. The molecular formula is C10H18N2O5. The van der Waals surface area contributed by atoms with Gasteiger partial charge in [0.25, 0.3) is 0 Å². The minimum atomic E-state index is -1.26. The Balaban J connectivity index is 2.41. The summed E-state index contributed by atoms with van der Waals surface area (Å²) in [5.41, 5.74) is 0. The van der Waals surface area contributed by atoms with Crippen LogP contribution in [0.1, 0.15) is 12.8 Å². The zero-order chi connectivity index (χ0) is 12.8. The first kappa shape index (κ1) is 13.7. The summed E-state index contributed by atoms with van der Waals surface area (Å²) in [4.78, 5) is 23.8. The average molecular weight is 246 g/mol. The van der Waals surface area contributed by atoms with E-state index in [1.807, 2.05) is 0 Å². The van der Waals surface area contributed by atoms with E-state index in [1.165, 1.54) is 4.90 Å². The molecule has 0 aromatic heterocycles. The molecule has 0 saturated carbocycles. The summed E-state index contributed by atoms with van der Waals surface area (Å²) in [7, 11) is 0. The highest BCUT2D eigenvalue weighted by Crippen LogP contribution is 2.18. The van der Waals surface area contributed by atoms with Gasteiger partial charge in [-0.25, -0.2) is 9.59 Å². The van der Waals surface area contributed by atoms with Crippen molar-refractivity contribution in [2.24, 2.45) is 5.92 Å². The number of aliphatic carboxylic acids is 1. The summed E-state index contributed by atoms with van der Waals surface area (Å²) in [6.07, 6.45) is 1.46. The maximum absolute atomic E-state index is 11.6. The van der Waals surface area contributed by atoms with Gasteiger partial charge in [-0.05, 0) is 18.8 Å². The number of aliphatic hydroxyl groups is 2. The van der Waals surface area contributed by atoms with Gasteiger partial charge in [0.2, 0.25) is 0 Å². The van der Waals surface area contributed by atoms with Crippen molar-refractivity contribution in [1.29, 1.82) is 0 Å². The molecule has 17 heavy (non-hydrogen) atoms. The number of amides is 2. The van der Waals surface area contributed by atoms with Crippen LogP contribution in [-0.2, 0) is 4.79 Å². The topological polar surface area (TPSA) is 110 Å². The molecule has 1 aliphatic rings. The number of aliphatic hydroxyl groups excluding tert-OH is 2. The third kappa shape index (κ3) is 3.86. The number of likely N-dealkylation sites (tertiary alicyclic amines) is 1. The fourth-order valence-corrected chi connectivity index (χ4v) is 1.86. The van der Waals surface area contributed by atoms with Crippen molar-refractivity contribution in [3.8, 4) is 0 Å². The van der Waals surface area contributed by atoms with Gasteiger partial charge in [-0.3, -0.25) is 0 Å². The van der Waals surface area contributed by atoms with Crippen molar-refractivity contribution < 1.29 is 24.9 Å². The highest BCUT2D eigenvalue weighted by molar-refractivity contribution is 5.82. The van der Waals surface area contributed by atoms with Crippen molar-refractivity contribution in [3.63, 3.8) is 0 Å². The zero-order valence-electron chi connectivity index (χ0n) is 9.50. The molecule has 1 heterocycles. The molecule has 1 aliphatic heterocycles. The Morgan fingerprint density at radius 2 is 2.12 bits per heavy atom. The van der Waals surface area contributed by atoms with Gasteiger partial charge in [-0.2, -0.15) is 0 Å². The summed E-state index contributed by atoms with van der Waals surface area (Å²) in [5.74, 6) is -0.991. The van der Waals surface area contributed by atoms with Crippen LogP contribution in [0.5, 0.6) is 0 Å². The minimum absolute atomic E-state index is 0.0918. The first-order chi connectivity index (χ1) is 8.08. The van der Waals surface area contributed by atoms with Crippen LogP contribution >= 0.6 is 0 Å². The summed E-state index contributed by atoms with van der Waals surface area (Å²) < 4.78 is 0. The number of rotatable bonds is 5. The van der Waals surface area contributed by atoms with E-state index in [0.717, 1.165) is 6.42 Å². The van der Waals surface area contributed by atoms with E-state index in [-0.39, 0.29) is 12.5 Å². The number of carboxylic acids is 1. The van der Waals surface area contributed by atoms with Gasteiger partial charge in [0.15, 0.2) is 6.04 Å². The van der Waals surface area contributed by atoms with Crippen molar-refractivity contribution in [2.75, 3.05) is 26.3 Å². The standard InChI is InChI=1S/C10H18N2O5/c13-4-2-7-1-3-12(5-7)10(17)11-8(6-14)9(15)16/h7-8,13-14H,1-6H2,(H,11,17)(H,15,16)/t7?,8-/m0/s1. The summed E-state index contributed by atoms with van der Waals surface area (Å²) >= 11 is 0. The van der Waals surface area contributed by atoms with E-state index < -0.39 is 24.6 Å². The maximum Gasteiger partial charge on any atom is 0.328 e. The molecule has 1 fully saturated rings. The maximum atomic E-state index is 11.6. The molecule has 0 radical (unpaired) electrons. The summed E-state index contributed by atoms with van der Waals surface area (Å²) in [5, 5.41) is 28.5. The second kappa shape index (κ2) is 6.41. The molecular weight excluding hydrogens is 228 g/mol. The Hall–Kier alpha value is -1.34. The van der Waals surface area contributed by atoms with Gasteiger partial charge in [-0.1, -0.05) is 0 Å². The molecule has 1 saturated heterocycles. The predicted molar refractivity (Wildman–Crippen MR) is 58.4 cm³/mol. The Morgan fingerprint density at radius 1 is 1.41 bits per heavy atom. The van der Waals surface area contributed by atoms with Crippen molar-refractivity contribution in [3.05, 3.63) is 0 Å². The monoisotopic (exact) mass is 246 g/mol. The minimum Gasteiger partial charge on any atom is -0.480 e. The van der Waals surface area contributed by atoms with Crippen LogP contribution in [-0.4, -0.2) is 64.6 Å². The average Bonchev–Trinajstić information content (AvgIpc) is 2.74. The van der Waals surface area contributed by atoms with Crippen molar-refractivity contribution in [1.82, 2.24) is 10.2 Å². The molecule has 1 unspecified atom stereocenters. The van der Waals surface area contributed by atoms with Gasteiger partial charge in [0.05, 0.1) is 6.61 Å². The molecule has 7 heteroatoms. The van der Waals surface area contributed by atoms with Crippen LogP contribution in [0, 0.1) is 5.92 Å². The largest absolute Gasteiger partial charge is 0.480 e. The van der Waals surface area contributed by atoms with Gasteiger partial charge in [0.1, 0.15) is 0 Å². The number of carbonyl (C=O) groups excluding carboxylic acids is 1. The number of carboxylic acid groups (broad SMARTS) is 1. The van der Waals surface area contributed by atoms with Crippen LogP contribution in [0.3, 0.4) is 0 Å². The van der Waals surface area contributed by atoms with Crippen LogP contribution < -0.4 is 5.32 Å². The molecule has 0 aromatic rings. The molecule has 2 atom stereocenters. The van der Waals surface area contributed by atoms with E-state index in [4.69, 9.17) is 15.3 Å². The van der Waals surface area contributed by atoms with E-state index in [2.05, 4.69) is 5.32 Å². The first-order valence-electron chi connectivity index (χ1n) is 5.58. The SMILES string of the molecule is O=C(O)[C@H](CO)NC(=O)N1CCC(CCO)C1. The second-order valence-electron chi connectivity index (χ2n) is 4.14. The molecule has 7 nitrogen and oxygen atoms in total. The van der Waals surface area contributed by atoms with Crippen molar-refractivity contribution in [2.45, 2.75) is 18.9 Å². The smallest absolute Gasteiger partial charge is 0.328 e. The second-order valence-corrected chi connectivity index (χ2v) is 4.14. The summed E-state index contributed by atoms with van der Waals surface area (Å²) in [6.45, 7) is 0.530. The van der Waals surface area contributed by atoms with Gasteiger partial charge < -0.3 is 25.5 Å². The highest BCUT2D eigenvalue weighted by Gasteiger charge is 2.28. The van der Waals surface area contributed by atoms with Gasteiger partial charge in [0, 0.05) is 19.7 Å². The van der Waals surface area contributed by atoms with Crippen molar-refractivity contribution >= 4 is 12.0 Å². The van der Waals surface area contributed by atoms with Gasteiger partial charge in [-0.15, -0.1) is 0 Å². The lowest BCUT2D eigenvalue weighted by Gasteiger charge is -2.19. The quantitative estimate of drug-likeness (QED) is 0.489. The molecule has 0 aliphatic carbocycles. The third-order valence-electron chi connectivity index (χ3n) is 2.89. The van der Waals surface area contributed by atoms with E-state index in [1.54, 1.807) is 0 Å². The van der Waals surface area contributed by atoms with Gasteiger partial charge >= 0.3 is 12.0 Å². The number of carbonyl (C=O) groups is 2. The fourth-order valence-electron chi connectivity index (χ4n) is 1.86. The predicted octanol–water partition coefficient (Wildman–Crippen LogP) is -1.15. The van der Waals surface area contributed by atoms with Crippen LogP contribution in [0.15, 0.2) is 0 Å². The number of urea groups is 1. The third-order valence-corrected chi connectivity index (χ3v) is 2.89. The lowest BCUT2D eigenvalue weighted by Crippen LogP contribution is -2.48. The Morgan fingerprint density at radius 3 is 2.65 bits per heavy atom. The zero-order valence-corrected chi connectivity index (χ0v) is 9.50. The van der Waals surface area contributed by atoms with E-state index >= 15 is 0 Å². The number of hydrogen-bond acceptors (Lipinski definition) is 4. The summed E-state index contributed by atoms with van der Waals surface area (Å²) in [6, 6.07) is -1.74.